The molecule has 0 saturated carbocycles. The molecule has 202 valence electrons. The summed E-state index contributed by atoms with van der Waals surface area (Å²) in [6, 6.07) is 0.611. The highest BCUT2D eigenvalue weighted by molar-refractivity contribution is 5.88. The van der Waals surface area contributed by atoms with Crippen molar-refractivity contribution in [2.24, 2.45) is 16.8 Å². The van der Waals surface area contributed by atoms with Crippen LogP contribution in [0, 0.1) is 11.8 Å². The van der Waals surface area contributed by atoms with Crippen LogP contribution in [0.1, 0.15) is 54.2 Å². The van der Waals surface area contributed by atoms with Crippen LogP contribution in [-0.4, -0.2) is 86.9 Å². The van der Waals surface area contributed by atoms with E-state index in [-0.39, 0.29) is 23.9 Å². The van der Waals surface area contributed by atoms with Crippen molar-refractivity contribution in [2.75, 3.05) is 20.7 Å². The number of aliphatic hydroxyl groups excluding tert-OH is 1. The maximum Gasteiger partial charge on any atom is 0.408 e. The van der Waals surface area contributed by atoms with Crippen molar-refractivity contribution in [3.05, 3.63) is 22.7 Å². The first-order valence-corrected chi connectivity index (χ1v) is 11.9. The molecule has 1 aliphatic rings. The summed E-state index contributed by atoms with van der Waals surface area (Å²) in [5.41, 5.74) is -3.15. The van der Waals surface area contributed by atoms with E-state index in [2.05, 4.69) is 15.3 Å². The third-order valence-electron chi connectivity index (χ3n) is 5.78. The van der Waals surface area contributed by atoms with Crippen molar-refractivity contribution in [2.45, 2.75) is 77.5 Å². The predicted octanol–water partition coefficient (Wildman–Crippen LogP) is 1.23. The van der Waals surface area contributed by atoms with Gasteiger partial charge in [0.25, 0.3) is 0 Å². The van der Waals surface area contributed by atoms with Gasteiger partial charge in [0.15, 0.2) is 17.8 Å². The van der Waals surface area contributed by atoms with Gasteiger partial charge in [0.1, 0.15) is 11.2 Å². The molecular weight excluding hydrogens is 470 g/mol. The van der Waals surface area contributed by atoms with Gasteiger partial charge < -0.3 is 29.9 Å². The molecule has 5 atom stereocenters. The Morgan fingerprint density at radius 3 is 2.53 bits per heavy atom. The summed E-state index contributed by atoms with van der Waals surface area (Å²) < 4.78 is 12.2. The van der Waals surface area contributed by atoms with Crippen molar-refractivity contribution in [1.82, 2.24) is 19.8 Å². The highest BCUT2D eigenvalue weighted by Gasteiger charge is 2.54. The number of rotatable bonds is 9. The molecule has 36 heavy (non-hydrogen) atoms. The van der Waals surface area contributed by atoms with Crippen LogP contribution in [0.2, 0.25) is 0 Å². The van der Waals surface area contributed by atoms with Gasteiger partial charge in [0, 0.05) is 32.6 Å². The molecular formula is C24H39N5O7. The molecule has 4 unspecified atom stereocenters. The number of carbonyl (C=O) groups excluding carboxylic acids is 2. The van der Waals surface area contributed by atoms with Crippen LogP contribution in [-0.2, 0) is 14.3 Å². The van der Waals surface area contributed by atoms with Gasteiger partial charge in [0.2, 0.25) is 0 Å². The Morgan fingerprint density at radius 2 is 2.03 bits per heavy atom. The Balaban J connectivity index is 2.27. The first-order valence-electron chi connectivity index (χ1n) is 11.9. The zero-order valence-corrected chi connectivity index (χ0v) is 22.3. The van der Waals surface area contributed by atoms with Gasteiger partial charge in [-0.2, -0.15) is 4.98 Å². The maximum atomic E-state index is 13.3. The highest BCUT2D eigenvalue weighted by atomic mass is 16.6. The molecule has 2 heterocycles. The zero-order chi connectivity index (χ0) is 27.4. The fraction of sp³-hybridized carbons (Fsp3) is 0.708. The minimum Gasteiger partial charge on any atom is -0.444 e. The third-order valence-corrected chi connectivity index (χ3v) is 5.78. The van der Waals surface area contributed by atoms with Gasteiger partial charge in [-0.1, -0.05) is 13.8 Å². The van der Waals surface area contributed by atoms with Crippen LogP contribution in [0.15, 0.2) is 22.1 Å². The topological polar surface area (TPSA) is 156 Å². The molecule has 2 rings (SSSR count). The second-order valence-corrected chi connectivity index (χ2v) is 10.8. The summed E-state index contributed by atoms with van der Waals surface area (Å²) in [4.78, 5) is 47.9. The molecule has 1 amide bonds. The number of ether oxygens (including phenoxy) is 2. The number of nitrogens with one attached hydrogen (secondary N) is 1. The van der Waals surface area contributed by atoms with E-state index in [9.17, 15) is 24.6 Å². The van der Waals surface area contributed by atoms with Gasteiger partial charge in [-0.05, 0) is 39.7 Å². The van der Waals surface area contributed by atoms with Crippen molar-refractivity contribution < 1.29 is 29.3 Å². The van der Waals surface area contributed by atoms with Gasteiger partial charge >= 0.3 is 11.8 Å². The van der Waals surface area contributed by atoms with Gasteiger partial charge in [-0.25, -0.2) is 14.6 Å². The molecule has 0 spiro atoms. The standard InChI is InChI=1S/C24H39N5O7/c1-14(2)19(27-22(33)36-23(3,4)5)16(31)11-15-17(12-30)35-20(24(15,6)34)29-10-9-18(26-21(29)32)25-13-28(7)8/h9-10,13-15,17,19-20,30,34H,11-12H2,1-8H3,(H,27,33)/t15?,17?,19-,20?,24?/m0/s1. The predicted molar refractivity (Wildman–Crippen MR) is 133 cm³/mol. The summed E-state index contributed by atoms with van der Waals surface area (Å²) in [5, 5.41) is 24.0. The summed E-state index contributed by atoms with van der Waals surface area (Å²) in [6.07, 6.45) is -0.168. The van der Waals surface area contributed by atoms with Crippen molar-refractivity contribution in [1.29, 1.82) is 0 Å². The normalized spacial score (nSPS) is 25.2. The van der Waals surface area contributed by atoms with E-state index < -0.39 is 53.9 Å². The van der Waals surface area contributed by atoms with E-state index in [1.54, 1.807) is 53.6 Å². The number of hydrogen-bond acceptors (Lipinski definition) is 9. The SMILES string of the molecule is CC(C)[C@H](NC(=O)OC(C)(C)C)C(=O)CC1C(CO)OC(n2ccc(N=CN(C)C)nc2=O)C1(C)O. The van der Waals surface area contributed by atoms with Crippen molar-refractivity contribution >= 4 is 24.0 Å². The van der Waals surface area contributed by atoms with Crippen LogP contribution >= 0.6 is 0 Å². The monoisotopic (exact) mass is 509 g/mol. The number of nitrogens with zero attached hydrogens (tertiary/aromatic N) is 4. The van der Waals surface area contributed by atoms with Gasteiger partial charge in [-0.15, -0.1) is 0 Å². The second kappa shape index (κ2) is 11.5. The van der Waals surface area contributed by atoms with Crippen molar-refractivity contribution in [3.63, 3.8) is 0 Å². The van der Waals surface area contributed by atoms with E-state index in [1.807, 2.05) is 0 Å². The fourth-order valence-electron chi connectivity index (χ4n) is 4.04. The number of alkyl carbamates (subject to hydrolysis) is 1. The summed E-state index contributed by atoms with van der Waals surface area (Å²) in [5.74, 6) is -1.30. The lowest BCUT2D eigenvalue weighted by molar-refractivity contribution is -0.126. The largest absolute Gasteiger partial charge is 0.444 e. The van der Waals surface area contributed by atoms with Crippen molar-refractivity contribution in [3.8, 4) is 0 Å². The molecule has 0 bridgehead atoms. The van der Waals surface area contributed by atoms with Crippen LogP contribution < -0.4 is 11.0 Å². The minimum atomic E-state index is -1.71. The van der Waals surface area contributed by atoms with Gasteiger partial charge in [0.05, 0.1) is 25.1 Å². The lowest BCUT2D eigenvalue weighted by atomic mass is 9.80. The molecule has 0 aliphatic carbocycles. The Bertz CT molecular complexity index is 1010. The summed E-state index contributed by atoms with van der Waals surface area (Å²) in [6.45, 7) is 9.68. The van der Waals surface area contributed by atoms with E-state index in [4.69, 9.17) is 9.47 Å². The molecule has 12 heteroatoms. The Kier molecular flexibility index (Phi) is 9.38. The average Bonchev–Trinajstić information content (AvgIpc) is 2.98. The van der Waals surface area contributed by atoms with Crippen LogP contribution in [0.5, 0.6) is 0 Å². The molecule has 3 N–H and O–H groups in total. The Morgan fingerprint density at radius 1 is 1.39 bits per heavy atom. The number of ketones is 1. The Labute approximate surface area is 211 Å². The van der Waals surface area contributed by atoms with E-state index in [0.717, 1.165) is 4.57 Å². The molecule has 0 aromatic carbocycles. The Hall–Kier alpha value is -2.83. The molecule has 0 radical (unpaired) electrons. The third kappa shape index (κ3) is 7.34. The van der Waals surface area contributed by atoms with Crippen LogP contribution in [0.4, 0.5) is 10.6 Å². The molecule has 1 aromatic heterocycles. The minimum absolute atomic E-state index is 0.181. The lowest BCUT2D eigenvalue weighted by Crippen LogP contribution is -2.49. The number of amides is 1. The first kappa shape index (κ1) is 29.4. The number of aliphatic imine (C=N–C) groups is 1. The summed E-state index contributed by atoms with van der Waals surface area (Å²) in [7, 11) is 3.55. The van der Waals surface area contributed by atoms with E-state index in [1.165, 1.54) is 25.5 Å². The molecule has 12 nitrogen and oxygen atoms in total. The molecule has 1 fully saturated rings. The maximum absolute atomic E-state index is 13.3. The second-order valence-electron chi connectivity index (χ2n) is 10.8. The highest BCUT2D eigenvalue weighted by Crippen LogP contribution is 2.44. The number of aromatic nitrogens is 2. The van der Waals surface area contributed by atoms with E-state index in [0.29, 0.717) is 0 Å². The quantitative estimate of drug-likeness (QED) is 0.329. The molecule has 1 saturated heterocycles. The fourth-order valence-corrected chi connectivity index (χ4v) is 4.04. The lowest BCUT2D eigenvalue weighted by Gasteiger charge is -2.31. The van der Waals surface area contributed by atoms with Crippen LogP contribution in [0.25, 0.3) is 0 Å². The summed E-state index contributed by atoms with van der Waals surface area (Å²) >= 11 is 0. The van der Waals surface area contributed by atoms with Crippen LogP contribution in [0.3, 0.4) is 0 Å². The number of Topliss-reactive ketones (excluding diaryl/α,β-unsaturated/α-hetero) is 1. The molecule has 1 aliphatic heterocycles. The number of aliphatic hydroxyl groups is 2. The number of hydrogen-bond donors (Lipinski definition) is 3. The average molecular weight is 510 g/mol. The zero-order valence-electron chi connectivity index (χ0n) is 22.3. The van der Waals surface area contributed by atoms with E-state index >= 15 is 0 Å². The number of carbonyl (C=O) groups is 2. The first-order chi connectivity index (χ1) is 16.6. The smallest absolute Gasteiger partial charge is 0.408 e. The molecule has 1 aromatic rings. The van der Waals surface area contributed by atoms with Gasteiger partial charge in [-0.3, -0.25) is 9.36 Å².